The maximum Gasteiger partial charge on any atom is 0.240 e. The fraction of sp³-hybridized carbons (Fsp3) is 0.429. The van der Waals surface area contributed by atoms with Crippen LogP contribution >= 0.6 is 0 Å². The highest BCUT2D eigenvalue weighted by Gasteiger charge is 2.23. The highest BCUT2D eigenvalue weighted by atomic mass is 16.3. The molecule has 0 saturated carbocycles. The number of nitrogens with two attached hydrogens (primary N) is 2. The number of hydrogen-bond donors (Lipinski definition) is 4. The van der Waals surface area contributed by atoms with Crippen LogP contribution < -0.4 is 16.8 Å². The van der Waals surface area contributed by atoms with Crippen molar-refractivity contribution >= 4 is 11.8 Å². The number of hydrogen-bond acceptors (Lipinski definition) is 4. The first kappa shape index (κ1) is 16.0. The smallest absolute Gasteiger partial charge is 0.240 e. The summed E-state index contributed by atoms with van der Waals surface area (Å²) in [7, 11) is 0. The van der Waals surface area contributed by atoms with Gasteiger partial charge in [-0.3, -0.25) is 9.59 Å². The monoisotopic (exact) mass is 279 g/mol. The van der Waals surface area contributed by atoms with Crippen molar-refractivity contribution in [1.82, 2.24) is 5.32 Å². The van der Waals surface area contributed by atoms with Crippen molar-refractivity contribution in [1.29, 1.82) is 0 Å². The zero-order valence-corrected chi connectivity index (χ0v) is 11.7. The molecule has 6 nitrogen and oxygen atoms in total. The van der Waals surface area contributed by atoms with E-state index in [2.05, 4.69) is 5.32 Å². The van der Waals surface area contributed by atoms with Crippen LogP contribution in [-0.4, -0.2) is 29.0 Å². The van der Waals surface area contributed by atoms with Gasteiger partial charge in [0.25, 0.3) is 0 Å². The summed E-state index contributed by atoms with van der Waals surface area (Å²) in [6.07, 6.45) is 0.256. The van der Waals surface area contributed by atoms with Crippen molar-refractivity contribution in [3.63, 3.8) is 0 Å². The molecule has 0 fully saturated rings. The summed E-state index contributed by atoms with van der Waals surface area (Å²) in [5.41, 5.74) is 11.8. The van der Waals surface area contributed by atoms with E-state index in [4.69, 9.17) is 11.5 Å². The first-order chi connectivity index (χ1) is 9.31. The van der Waals surface area contributed by atoms with Crippen LogP contribution in [0.3, 0.4) is 0 Å². The summed E-state index contributed by atoms with van der Waals surface area (Å²) >= 11 is 0. The van der Waals surface area contributed by atoms with Gasteiger partial charge in [-0.2, -0.15) is 0 Å². The van der Waals surface area contributed by atoms with Gasteiger partial charge >= 0.3 is 0 Å². The predicted octanol–water partition coefficient (Wildman–Crippen LogP) is -0.112. The maximum absolute atomic E-state index is 11.9. The molecule has 2 atom stereocenters. The Balaban J connectivity index is 2.72. The Morgan fingerprint density at radius 3 is 2.25 bits per heavy atom. The molecule has 20 heavy (non-hydrogen) atoms. The van der Waals surface area contributed by atoms with Gasteiger partial charge in [0, 0.05) is 6.42 Å². The van der Waals surface area contributed by atoms with Crippen molar-refractivity contribution in [2.24, 2.45) is 17.4 Å². The topological polar surface area (TPSA) is 118 Å². The van der Waals surface area contributed by atoms with E-state index in [9.17, 15) is 14.7 Å². The molecule has 2 amide bonds. The number of rotatable bonds is 6. The number of primary amides is 1. The van der Waals surface area contributed by atoms with E-state index >= 15 is 0 Å². The standard InChI is InChI=1S/C14H21N3O3/c1-8(2)12(15)14(20)17-11(13(16)19)7-9-3-5-10(18)6-4-9/h3-6,8,11-12,18H,7,15H2,1-2H3,(H2,16,19)(H,17,20)/t11-,12-/m0/s1. The Morgan fingerprint density at radius 2 is 1.80 bits per heavy atom. The zero-order chi connectivity index (χ0) is 15.3. The SMILES string of the molecule is CC(C)[C@H](N)C(=O)N[C@@H](Cc1ccc(O)cc1)C(N)=O. The number of carbonyl (C=O) groups is 2. The molecular weight excluding hydrogens is 258 g/mol. The summed E-state index contributed by atoms with van der Waals surface area (Å²) in [4.78, 5) is 23.3. The molecular formula is C14H21N3O3. The normalized spacial score (nSPS) is 13.8. The van der Waals surface area contributed by atoms with Crippen molar-refractivity contribution in [3.05, 3.63) is 29.8 Å². The molecule has 1 aromatic carbocycles. The summed E-state index contributed by atoms with van der Waals surface area (Å²) in [6, 6.07) is 4.84. The van der Waals surface area contributed by atoms with Crippen LogP contribution in [-0.2, 0) is 16.0 Å². The molecule has 0 heterocycles. The number of benzene rings is 1. The molecule has 0 saturated heterocycles. The first-order valence-corrected chi connectivity index (χ1v) is 6.44. The zero-order valence-electron chi connectivity index (χ0n) is 11.7. The predicted molar refractivity (Wildman–Crippen MR) is 75.7 cm³/mol. The third-order valence-corrected chi connectivity index (χ3v) is 3.06. The molecule has 1 aromatic rings. The van der Waals surface area contributed by atoms with E-state index in [1.165, 1.54) is 12.1 Å². The molecule has 0 radical (unpaired) electrons. The van der Waals surface area contributed by atoms with Gasteiger partial charge in [-0.05, 0) is 23.6 Å². The number of nitrogens with one attached hydrogen (secondary N) is 1. The van der Waals surface area contributed by atoms with Crippen molar-refractivity contribution < 1.29 is 14.7 Å². The molecule has 1 rings (SSSR count). The van der Waals surface area contributed by atoms with Crippen molar-refractivity contribution in [2.45, 2.75) is 32.4 Å². The molecule has 6 heteroatoms. The van der Waals surface area contributed by atoms with E-state index < -0.39 is 23.9 Å². The Morgan fingerprint density at radius 1 is 1.25 bits per heavy atom. The average molecular weight is 279 g/mol. The summed E-state index contributed by atoms with van der Waals surface area (Å²) in [5, 5.41) is 11.8. The summed E-state index contributed by atoms with van der Waals surface area (Å²) in [6.45, 7) is 3.65. The third kappa shape index (κ3) is 4.55. The third-order valence-electron chi connectivity index (χ3n) is 3.06. The lowest BCUT2D eigenvalue weighted by atomic mass is 10.0. The van der Waals surface area contributed by atoms with Gasteiger partial charge in [-0.15, -0.1) is 0 Å². The molecule has 0 bridgehead atoms. The lowest BCUT2D eigenvalue weighted by Gasteiger charge is -2.20. The Kier molecular flexibility index (Phi) is 5.52. The van der Waals surface area contributed by atoms with Crippen molar-refractivity contribution in [3.8, 4) is 5.75 Å². The number of aromatic hydroxyl groups is 1. The largest absolute Gasteiger partial charge is 0.508 e. The molecule has 0 spiro atoms. The molecule has 0 aromatic heterocycles. The number of phenols is 1. The second-order valence-corrected chi connectivity index (χ2v) is 5.10. The molecule has 110 valence electrons. The minimum absolute atomic E-state index is 0.0304. The Hall–Kier alpha value is -2.08. The fourth-order valence-corrected chi connectivity index (χ4v) is 1.66. The fourth-order valence-electron chi connectivity index (χ4n) is 1.66. The highest BCUT2D eigenvalue weighted by Crippen LogP contribution is 2.11. The van der Waals surface area contributed by atoms with Crippen LogP contribution in [0.2, 0.25) is 0 Å². The summed E-state index contributed by atoms with van der Waals surface area (Å²) < 4.78 is 0. The molecule has 0 aliphatic carbocycles. The lowest BCUT2D eigenvalue weighted by Crippen LogP contribution is -2.52. The minimum Gasteiger partial charge on any atom is -0.508 e. The van der Waals surface area contributed by atoms with E-state index in [0.717, 1.165) is 5.56 Å². The molecule has 0 aliphatic rings. The van der Waals surface area contributed by atoms with E-state index in [1.807, 2.05) is 13.8 Å². The Bertz CT molecular complexity index is 471. The number of amides is 2. The highest BCUT2D eigenvalue weighted by molar-refractivity contribution is 5.89. The first-order valence-electron chi connectivity index (χ1n) is 6.44. The van der Waals surface area contributed by atoms with Gasteiger partial charge in [-0.25, -0.2) is 0 Å². The van der Waals surface area contributed by atoms with Crippen LogP contribution in [0.1, 0.15) is 19.4 Å². The maximum atomic E-state index is 11.9. The number of carbonyl (C=O) groups excluding carboxylic acids is 2. The summed E-state index contributed by atoms with van der Waals surface area (Å²) in [5.74, 6) is -0.919. The van der Waals surface area contributed by atoms with Gasteiger partial charge in [0.1, 0.15) is 11.8 Å². The van der Waals surface area contributed by atoms with E-state index in [-0.39, 0.29) is 18.1 Å². The van der Waals surface area contributed by atoms with Crippen molar-refractivity contribution in [2.75, 3.05) is 0 Å². The van der Waals surface area contributed by atoms with Crippen LogP contribution in [0.5, 0.6) is 5.75 Å². The van der Waals surface area contributed by atoms with Gasteiger partial charge < -0.3 is 21.9 Å². The Labute approximate surface area is 118 Å². The van der Waals surface area contributed by atoms with Crippen LogP contribution in [0.4, 0.5) is 0 Å². The second kappa shape index (κ2) is 6.91. The molecule has 0 unspecified atom stereocenters. The van der Waals surface area contributed by atoms with Crippen LogP contribution in [0.25, 0.3) is 0 Å². The molecule has 0 aliphatic heterocycles. The van der Waals surface area contributed by atoms with Gasteiger partial charge in [-0.1, -0.05) is 26.0 Å². The lowest BCUT2D eigenvalue weighted by molar-refractivity contribution is -0.128. The van der Waals surface area contributed by atoms with E-state index in [0.29, 0.717) is 0 Å². The average Bonchev–Trinajstić information content (AvgIpc) is 2.39. The second-order valence-electron chi connectivity index (χ2n) is 5.10. The number of phenolic OH excluding ortho intramolecular Hbond substituents is 1. The van der Waals surface area contributed by atoms with E-state index in [1.54, 1.807) is 12.1 Å². The van der Waals surface area contributed by atoms with Gasteiger partial charge in [0.05, 0.1) is 6.04 Å². The van der Waals surface area contributed by atoms with Gasteiger partial charge in [0.2, 0.25) is 11.8 Å². The molecule has 6 N–H and O–H groups in total. The van der Waals surface area contributed by atoms with Gasteiger partial charge in [0.15, 0.2) is 0 Å². The quantitative estimate of drug-likeness (QED) is 0.581. The van der Waals surface area contributed by atoms with Crippen LogP contribution in [0, 0.1) is 5.92 Å². The van der Waals surface area contributed by atoms with Crippen LogP contribution in [0.15, 0.2) is 24.3 Å². The minimum atomic E-state index is -0.822.